The minimum atomic E-state index is -4.84. The first-order valence-corrected chi connectivity index (χ1v) is 5.52. The van der Waals surface area contributed by atoms with Gasteiger partial charge in [-0.15, -0.1) is 13.2 Å². The predicted octanol–water partition coefficient (Wildman–Crippen LogP) is 2.24. The number of halogens is 3. The Balaban J connectivity index is 2.98. The Morgan fingerprint density at radius 2 is 2.05 bits per heavy atom. The third-order valence-electron chi connectivity index (χ3n) is 2.25. The molecule has 1 atom stereocenters. The number of ether oxygens (including phenoxy) is 1. The summed E-state index contributed by atoms with van der Waals surface area (Å²) in [5, 5.41) is 11.1. The molecule has 1 aromatic rings. The quantitative estimate of drug-likeness (QED) is 0.872. The smallest absolute Gasteiger partial charge is 0.481 e. The van der Waals surface area contributed by atoms with Gasteiger partial charge in [0.05, 0.1) is 12.5 Å². The molecule has 0 aliphatic carbocycles. The lowest BCUT2D eigenvalue weighted by Gasteiger charge is -2.17. The van der Waals surface area contributed by atoms with Gasteiger partial charge in [0.25, 0.3) is 0 Å². The van der Waals surface area contributed by atoms with Gasteiger partial charge in [-0.1, -0.05) is 12.1 Å². The molecule has 0 heterocycles. The SMILES string of the molecule is CC(=O)N[C@H](CC(=O)O)c1cccc(OC(F)(F)F)c1. The highest BCUT2D eigenvalue weighted by Gasteiger charge is 2.31. The first kappa shape index (κ1) is 15.8. The van der Waals surface area contributed by atoms with Gasteiger partial charge in [-0.3, -0.25) is 9.59 Å². The van der Waals surface area contributed by atoms with Crippen molar-refractivity contribution in [3.63, 3.8) is 0 Å². The Bertz CT molecular complexity index is 486. The van der Waals surface area contributed by atoms with Gasteiger partial charge in [-0.2, -0.15) is 0 Å². The second kappa shape index (κ2) is 6.27. The molecule has 8 heteroatoms. The van der Waals surface area contributed by atoms with Crippen LogP contribution in [0.3, 0.4) is 0 Å². The lowest BCUT2D eigenvalue weighted by atomic mass is 10.0. The van der Waals surface area contributed by atoms with Crippen LogP contribution in [0.2, 0.25) is 0 Å². The van der Waals surface area contributed by atoms with Crippen LogP contribution in [0.5, 0.6) is 5.75 Å². The highest BCUT2D eigenvalue weighted by molar-refractivity contribution is 5.75. The molecule has 5 nitrogen and oxygen atoms in total. The molecule has 0 aromatic heterocycles. The van der Waals surface area contributed by atoms with E-state index >= 15 is 0 Å². The molecular weight excluding hydrogens is 279 g/mol. The van der Waals surface area contributed by atoms with E-state index in [4.69, 9.17) is 5.11 Å². The number of amides is 1. The number of carboxylic acid groups (broad SMARTS) is 1. The van der Waals surface area contributed by atoms with Crippen molar-refractivity contribution in [1.29, 1.82) is 0 Å². The van der Waals surface area contributed by atoms with Crippen molar-refractivity contribution in [2.45, 2.75) is 25.7 Å². The Hall–Kier alpha value is -2.25. The molecule has 1 amide bonds. The average molecular weight is 291 g/mol. The zero-order chi connectivity index (χ0) is 15.3. The van der Waals surface area contributed by atoms with Crippen molar-refractivity contribution in [3.8, 4) is 5.75 Å². The summed E-state index contributed by atoms with van der Waals surface area (Å²) in [5.74, 6) is -2.15. The topological polar surface area (TPSA) is 75.6 Å². The first-order valence-electron chi connectivity index (χ1n) is 5.52. The van der Waals surface area contributed by atoms with E-state index in [1.807, 2.05) is 0 Å². The van der Waals surface area contributed by atoms with Crippen LogP contribution in [0.15, 0.2) is 24.3 Å². The summed E-state index contributed by atoms with van der Waals surface area (Å²) in [5.41, 5.74) is 0.212. The summed E-state index contributed by atoms with van der Waals surface area (Å²) in [7, 11) is 0. The summed E-state index contributed by atoms with van der Waals surface area (Å²) < 4.78 is 40.1. The maximum Gasteiger partial charge on any atom is 0.573 e. The van der Waals surface area contributed by atoms with Crippen LogP contribution in [0.25, 0.3) is 0 Å². The van der Waals surface area contributed by atoms with Crippen LogP contribution in [0.4, 0.5) is 13.2 Å². The number of hydrogen-bond acceptors (Lipinski definition) is 3. The van der Waals surface area contributed by atoms with Gasteiger partial charge < -0.3 is 15.2 Å². The monoisotopic (exact) mass is 291 g/mol. The first-order chi connectivity index (χ1) is 9.17. The molecule has 1 aromatic carbocycles. The van der Waals surface area contributed by atoms with Crippen LogP contribution in [0.1, 0.15) is 24.9 Å². The number of carbonyl (C=O) groups excluding carboxylic acids is 1. The maximum atomic E-state index is 12.1. The van der Waals surface area contributed by atoms with E-state index in [-0.39, 0.29) is 5.56 Å². The fourth-order valence-electron chi connectivity index (χ4n) is 1.60. The molecule has 0 saturated carbocycles. The second-order valence-electron chi connectivity index (χ2n) is 3.97. The third kappa shape index (κ3) is 5.59. The number of rotatable bonds is 5. The minimum absolute atomic E-state index is 0.212. The normalized spacial score (nSPS) is 12.6. The number of hydrogen-bond donors (Lipinski definition) is 2. The number of aliphatic carboxylic acids is 1. The maximum absolute atomic E-state index is 12.1. The van der Waals surface area contributed by atoms with Crippen LogP contribution >= 0.6 is 0 Å². The van der Waals surface area contributed by atoms with E-state index in [9.17, 15) is 22.8 Å². The molecular formula is C12H12F3NO4. The number of benzene rings is 1. The summed E-state index contributed by atoms with van der Waals surface area (Å²) >= 11 is 0. The Labute approximate surface area is 112 Å². The highest BCUT2D eigenvalue weighted by atomic mass is 19.4. The largest absolute Gasteiger partial charge is 0.573 e. The van der Waals surface area contributed by atoms with E-state index in [0.29, 0.717) is 0 Å². The molecule has 0 aliphatic rings. The number of nitrogens with one attached hydrogen (secondary N) is 1. The van der Waals surface area contributed by atoms with Crippen LogP contribution in [0, 0.1) is 0 Å². The number of alkyl halides is 3. The Morgan fingerprint density at radius 1 is 1.40 bits per heavy atom. The molecule has 0 aliphatic heterocycles. The van der Waals surface area contributed by atoms with E-state index in [0.717, 1.165) is 12.1 Å². The van der Waals surface area contributed by atoms with Gasteiger partial charge in [-0.05, 0) is 17.7 Å². The van der Waals surface area contributed by atoms with E-state index in [1.165, 1.54) is 19.1 Å². The van der Waals surface area contributed by atoms with Crippen molar-refractivity contribution < 1.29 is 32.6 Å². The molecule has 1 rings (SSSR count). The zero-order valence-electron chi connectivity index (χ0n) is 10.4. The van der Waals surface area contributed by atoms with Gasteiger partial charge in [0.15, 0.2) is 0 Å². The standard InChI is InChI=1S/C12H12F3NO4/c1-7(17)16-10(6-11(18)19)8-3-2-4-9(5-8)20-12(13,14)15/h2-5,10H,6H2,1H3,(H,16,17)(H,18,19)/t10-/m1/s1. The predicted molar refractivity (Wildman–Crippen MR) is 61.9 cm³/mol. The van der Waals surface area contributed by atoms with Crippen molar-refractivity contribution in [2.75, 3.05) is 0 Å². The summed E-state index contributed by atoms with van der Waals surface area (Å²) in [6, 6.07) is 3.89. The molecule has 20 heavy (non-hydrogen) atoms. The van der Waals surface area contributed by atoms with Crippen molar-refractivity contribution >= 4 is 11.9 Å². The number of carbonyl (C=O) groups is 2. The van der Waals surface area contributed by atoms with Gasteiger partial charge in [0.1, 0.15) is 5.75 Å². The summed E-state index contributed by atoms with van der Waals surface area (Å²) in [4.78, 5) is 21.7. The van der Waals surface area contributed by atoms with E-state index < -0.39 is 36.5 Å². The molecule has 0 bridgehead atoms. The fourth-order valence-corrected chi connectivity index (χ4v) is 1.60. The number of carboxylic acids is 1. The van der Waals surface area contributed by atoms with Gasteiger partial charge in [0.2, 0.25) is 5.91 Å². The summed E-state index contributed by atoms with van der Waals surface area (Å²) in [6.07, 6.45) is -5.29. The zero-order valence-corrected chi connectivity index (χ0v) is 10.4. The minimum Gasteiger partial charge on any atom is -0.481 e. The van der Waals surface area contributed by atoms with E-state index in [2.05, 4.69) is 10.1 Å². The van der Waals surface area contributed by atoms with E-state index in [1.54, 1.807) is 0 Å². The molecule has 0 spiro atoms. The van der Waals surface area contributed by atoms with Crippen molar-refractivity contribution in [3.05, 3.63) is 29.8 Å². The molecule has 0 radical (unpaired) electrons. The molecule has 0 saturated heterocycles. The van der Waals surface area contributed by atoms with Crippen LogP contribution < -0.4 is 10.1 Å². The van der Waals surface area contributed by atoms with Crippen molar-refractivity contribution in [2.24, 2.45) is 0 Å². The molecule has 0 fully saturated rings. The summed E-state index contributed by atoms with van der Waals surface area (Å²) in [6.45, 7) is 1.19. The Kier molecular flexibility index (Phi) is 4.95. The van der Waals surface area contributed by atoms with Gasteiger partial charge >= 0.3 is 12.3 Å². The fraction of sp³-hybridized carbons (Fsp3) is 0.333. The average Bonchev–Trinajstić information content (AvgIpc) is 2.24. The second-order valence-corrected chi connectivity index (χ2v) is 3.97. The van der Waals surface area contributed by atoms with Gasteiger partial charge in [0, 0.05) is 6.92 Å². The lowest BCUT2D eigenvalue weighted by molar-refractivity contribution is -0.274. The lowest BCUT2D eigenvalue weighted by Crippen LogP contribution is -2.28. The van der Waals surface area contributed by atoms with Crippen molar-refractivity contribution in [1.82, 2.24) is 5.32 Å². The van der Waals surface area contributed by atoms with Crippen LogP contribution in [-0.4, -0.2) is 23.3 Å². The third-order valence-corrected chi connectivity index (χ3v) is 2.25. The molecule has 0 unspecified atom stereocenters. The van der Waals surface area contributed by atoms with Gasteiger partial charge in [-0.25, -0.2) is 0 Å². The van der Waals surface area contributed by atoms with Crippen LogP contribution in [-0.2, 0) is 9.59 Å². The molecule has 110 valence electrons. The Morgan fingerprint density at radius 3 is 2.55 bits per heavy atom. The highest BCUT2D eigenvalue weighted by Crippen LogP contribution is 2.26. The molecule has 2 N–H and O–H groups in total.